The van der Waals surface area contributed by atoms with Gasteiger partial charge in [0, 0.05) is 28.6 Å². The van der Waals surface area contributed by atoms with E-state index in [1.807, 2.05) is 61.5 Å². The lowest BCUT2D eigenvalue weighted by Gasteiger charge is -2.42. The van der Waals surface area contributed by atoms with Crippen molar-refractivity contribution in [2.45, 2.75) is 19.3 Å². The van der Waals surface area contributed by atoms with E-state index in [0.29, 0.717) is 28.9 Å². The van der Waals surface area contributed by atoms with E-state index in [-0.39, 0.29) is 18.2 Å². The lowest BCUT2D eigenvalue weighted by atomic mass is 9.83. The number of allylic oxidation sites excluding steroid dienone is 1. The Morgan fingerprint density at radius 2 is 2.00 bits per heavy atom. The van der Waals surface area contributed by atoms with Crippen LogP contribution in [0.1, 0.15) is 23.5 Å². The molecular weight excluding hydrogens is 454 g/mol. The van der Waals surface area contributed by atoms with Crippen LogP contribution in [-0.2, 0) is 4.79 Å². The van der Waals surface area contributed by atoms with Crippen LogP contribution in [0.15, 0.2) is 65.2 Å². The van der Waals surface area contributed by atoms with Crippen molar-refractivity contribution in [2.75, 3.05) is 24.6 Å². The molecule has 1 fully saturated rings. The van der Waals surface area contributed by atoms with E-state index in [1.165, 1.54) is 11.8 Å². The zero-order chi connectivity index (χ0) is 23.1. The Kier molecular flexibility index (Phi) is 5.69. The second kappa shape index (κ2) is 8.66. The second-order valence-corrected chi connectivity index (χ2v) is 9.54. The fourth-order valence-electron chi connectivity index (χ4n) is 4.56. The Balaban J connectivity index is 1.57. The van der Waals surface area contributed by atoms with Crippen LogP contribution in [0.5, 0.6) is 5.75 Å². The highest BCUT2D eigenvalue weighted by atomic mass is 35.5. The van der Waals surface area contributed by atoms with Crippen molar-refractivity contribution < 1.29 is 9.53 Å². The van der Waals surface area contributed by atoms with E-state index in [9.17, 15) is 10.1 Å². The van der Waals surface area contributed by atoms with Crippen molar-refractivity contribution in [3.05, 3.63) is 81.3 Å². The highest BCUT2D eigenvalue weighted by molar-refractivity contribution is 8.03. The van der Waals surface area contributed by atoms with Crippen molar-refractivity contribution in [3.63, 3.8) is 0 Å². The Labute approximate surface area is 202 Å². The first kappa shape index (κ1) is 21.7. The fraction of sp³-hybridized carbons (Fsp3) is 0.231. The normalized spacial score (nSPS) is 18.4. The molecule has 1 amide bonds. The molecule has 1 atom stereocenters. The Bertz CT molecular complexity index is 1350. The summed E-state index contributed by atoms with van der Waals surface area (Å²) in [4.78, 5) is 17.2. The fourth-order valence-corrected chi connectivity index (χ4v) is 5.91. The molecule has 7 heteroatoms. The largest absolute Gasteiger partial charge is 0.496 e. The number of methoxy groups -OCH3 is 1. The van der Waals surface area contributed by atoms with Crippen LogP contribution in [-0.4, -0.2) is 30.5 Å². The van der Waals surface area contributed by atoms with Gasteiger partial charge in [0.15, 0.2) is 0 Å². The molecule has 5 nitrogen and oxygen atoms in total. The van der Waals surface area contributed by atoms with Gasteiger partial charge in [-0.15, -0.1) is 0 Å². The van der Waals surface area contributed by atoms with Crippen LogP contribution < -0.4 is 9.64 Å². The SMILES string of the molecule is COc1ccc2ccccc2c1[C@H]1CC(=O)N2CN(c3ccc(C)c(Cl)c3)CSC2=C1C#N. The third kappa shape index (κ3) is 3.72. The van der Waals surface area contributed by atoms with Crippen molar-refractivity contribution in [2.24, 2.45) is 0 Å². The summed E-state index contributed by atoms with van der Waals surface area (Å²) in [6.07, 6.45) is 0.222. The molecule has 166 valence electrons. The van der Waals surface area contributed by atoms with E-state index in [2.05, 4.69) is 11.0 Å². The van der Waals surface area contributed by atoms with Crippen LogP contribution >= 0.6 is 23.4 Å². The van der Waals surface area contributed by atoms with Crippen molar-refractivity contribution in [3.8, 4) is 11.8 Å². The molecule has 0 unspecified atom stereocenters. The van der Waals surface area contributed by atoms with Crippen LogP contribution in [0.25, 0.3) is 10.8 Å². The minimum Gasteiger partial charge on any atom is -0.496 e. The lowest BCUT2D eigenvalue weighted by Crippen LogP contribution is -2.47. The van der Waals surface area contributed by atoms with Crippen LogP contribution in [0.3, 0.4) is 0 Å². The number of hydrogen-bond acceptors (Lipinski definition) is 5. The molecule has 0 aliphatic carbocycles. The zero-order valence-electron chi connectivity index (χ0n) is 18.3. The summed E-state index contributed by atoms with van der Waals surface area (Å²) in [5.74, 6) is 0.982. The minimum atomic E-state index is -0.345. The van der Waals surface area contributed by atoms with Crippen molar-refractivity contribution >= 4 is 45.7 Å². The van der Waals surface area contributed by atoms with Gasteiger partial charge < -0.3 is 9.64 Å². The van der Waals surface area contributed by atoms with E-state index in [0.717, 1.165) is 32.6 Å². The number of benzene rings is 3. The van der Waals surface area contributed by atoms with Crippen molar-refractivity contribution in [1.82, 2.24) is 4.90 Å². The molecule has 5 rings (SSSR count). The van der Waals surface area contributed by atoms with Gasteiger partial charge >= 0.3 is 0 Å². The number of carbonyl (C=O) groups is 1. The number of ether oxygens (including phenoxy) is 1. The molecule has 0 saturated carbocycles. The van der Waals surface area contributed by atoms with Gasteiger partial charge in [-0.25, -0.2) is 0 Å². The molecule has 0 spiro atoms. The molecule has 0 radical (unpaired) electrons. The molecule has 0 bridgehead atoms. The number of nitriles is 1. The van der Waals surface area contributed by atoms with Gasteiger partial charge in [0.05, 0.1) is 36.3 Å². The summed E-state index contributed by atoms with van der Waals surface area (Å²) in [5, 5.41) is 13.7. The van der Waals surface area contributed by atoms with Gasteiger partial charge in [-0.2, -0.15) is 5.26 Å². The monoisotopic (exact) mass is 475 g/mol. The molecule has 0 aromatic heterocycles. The predicted molar refractivity (Wildman–Crippen MR) is 133 cm³/mol. The molecule has 3 aromatic rings. The standard InChI is InChI=1S/C26H22ClN3O2S/c1-16-7-9-18(11-22(16)27)29-14-30-24(31)12-20(21(13-28)26(30)33-15-29)25-19-6-4-3-5-17(19)8-10-23(25)32-2/h3-11,20H,12,14-15H2,1-2H3/t20-/m0/s1. The average Bonchev–Trinajstić information content (AvgIpc) is 2.84. The first-order valence-corrected chi connectivity index (χ1v) is 12.0. The van der Waals surface area contributed by atoms with Crippen LogP contribution in [0.2, 0.25) is 5.02 Å². The Hall–Kier alpha value is -3.14. The number of carbonyl (C=O) groups excluding carboxylic acids is 1. The van der Waals surface area contributed by atoms with Gasteiger partial charge in [-0.05, 0) is 41.5 Å². The van der Waals surface area contributed by atoms with Gasteiger partial charge in [0.25, 0.3) is 0 Å². The first-order valence-electron chi connectivity index (χ1n) is 10.7. The summed E-state index contributed by atoms with van der Waals surface area (Å²) in [7, 11) is 1.63. The lowest BCUT2D eigenvalue weighted by molar-refractivity contribution is -0.129. The smallest absolute Gasteiger partial charge is 0.229 e. The van der Waals surface area contributed by atoms with Gasteiger partial charge in [-0.3, -0.25) is 9.69 Å². The highest BCUT2D eigenvalue weighted by Crippen LogP contribution is 2.47. The predicted octanol–water partition coefficient (Wildman–Crippen LogP) is 6.03. The first-order chi connectivity index (χ1) is 16.0. The van der Waals surface area contributed by atoms with Gasteiger partial charge in [0.1, 0.15) is 5.75 Å². The quantitative estimate of drug-likeness (QED) is 0.463. The van der Waals surface area contributed by atoms with Crippen molar-refractivity contribution in [1.29, 1.82) is 5.26 Å². The van der Waals surface area contributed by atoms with E-state index in [1.54, 1.807) is 12.0 Å². The number of amides is 1. The zero-order valence-corrected chi connectivity index (χ0v) is 19.9. The topological polar surface area (TPSA) is 56.6 Å². The number of aryl methyl sites for hydroxylation is 1. The molecule has 2 aliphatic rings. The average molecular weight is 476 g/mol. The maximum Gasteiger partial charge on any atom is 0.229 e. The molecule has 3 aromatic carbocycles. The maximum absolute atomic E-state index is 13.4. The Morgan fingerprint density at radius 1 is 1.18 bits per heavy atom. The van der Waals surface area contributed by atoms with E-state index in [4.69, 9.17) is 16.3 Å². The third-order valence-corrected chi connectivity index (χ3v) is 7.87. The Morgan fingerprint density at radius 3 is 2.76 bits per heavy atom. The minimum absolute atomic E-state index is 0.000559. The summed E-state index contributed by atoms with van der Waals surface area (Å²) >= 11 is 7.85. The summed E-state index contributed by atoms with van der Waals surface area (Å²) < 4.78 is 5.68. The molecule has 1 saturated heterocycles. The molecule has 2 aliphatic heterocycles. The summed E-state index contributed by atoms with van der Waals surface area (Å²) in [6.45, 7) is 2.36. The summed E-state index contributed by atoms with van der Waals surface area (Å²) in [6, 6.07) is 20.3. The number of thioether (sulfide) groups is 1. The number of halogens is 1. The number of rotatable bonds is 3. The number of hydrogen-bond donors (Lipinski definition) is 0. The molecule has 2 heterocycles. The molecular formula is C26H22ClN3O2S. The molecule has 33 heavy (non-hydrogen) atoms. The molecule has 0 N–H and O–H groups in total. The van der Waals surface area contributed by atoms with E-state index >= 15 is 0 Å². The van der Waals surface area contributed by atoms with E-state index < -0.39 is 0 Å². The third-order valence-electron chi connectivity index (χ3n) is 6.31. The maximum atomic E-state index is 13.4. The van der Waals surface area contributed by atoms with Crippen LogP contribution in [0, 0.1) is 18.3 Å². The highest BCUT2D eigenvalue weighted by Gasteiger charge is 2.40. The number of fused-ring (bicyclic) bond motifs is 2. The van der Waals surface area contributed by atoms with Gasteiger partial charge in [0.2, 0.25) is 5.91 Å². The second-order valence-electron chi connectivity index (χ2n) is 8.20. The number of anilines is 1. The van der Waals surface area contributed by atoms with Gasteiger partial charge in [-0.1, -0.05) is 59.8 Å². The van der Waals surface area contributed by atoms with Crippen LogP contribution in [0.4, 0.5) is 5.69 Å². The summed E-state index contributed by atoms with van der Waals surface area (Å²) in [5.41, 5.74) is 3.50. The number of nitrogens with zero attached hydrogens (tertiary/aromatic N) is 3.